The molecule has 46 heavy (non-hydrogen) atoms. The maximum Gasteiger partial charge on any atom is 0.255 e. The van der Waals surface area contributed by atoms with Gasteiger partial charge >= 0.3 is 0 Å². The maximum absolute atomic E-state index is 2.53. The molecule has 1 aromatic heterocycles. The molecule has 9 rings (SSSR count). The second kappa shape index (κ2) is 10.6. The summed E-state index contributed by atoms with van der Waals surface area (Å²) in [6, 6.07) is 46.6. The van der Waals surface area contributed by atoms with Crippen molar-refractivity contribution in [2.75, 3.05) is 9.80 Å². The van der Waals surface area contributed by atoms with E-state index in [1.54, 1.807) is 0 Å². The van der Waals surface area contributed by atoms with Crippen LogP contribution >= 0.6 is 0 Å². The zero-order valence-corrected chi connectivity index (χ0v) is 26.2. The van der Waals surface area contributed by atoms with E-state index in [1.807, 2.05) is 0 Å². The van der Waals surface area contributed by atoms with E-state index in [1.165, 1.54) is 72.7 Å². The van der Waals surface area contributed by atoms with E-state index < -0.39 is 0 Å². The quantitative estimate of drug-likeness (QED) is 0.189. The average Bonchev–Trinajstić information content (AvgIpc) is 3.45. The number of fused-ring (bicyclic) bond motifs is 4. The molecular formula is C42H34BN3. The summed E-state index contributed by atoms with van der Waals surface area (Å²) in [5.74, 6) is 1.23. The summed E-state index contributed by atoms with van der Waals surface area (Å²) >= 11 is 0. The van der Waals surface area contributed by atoms with Gasteiger partial charge in [-0.15, -0.1) is 0 Å². The Morgan fingerprint density at radius 2 is 1.24 bits per heavy atom. The highest BCUT2D eigenvalue weighted by molar-refractivity contribution is 7.04. The number of anilines is 5. The second-order valence-electron chi connectivity index (χ2n) is 12.5. The van der Waals surface area contributed by atoms with Gasteiger partial charge in [-0.25, -0.2) is 0 Å². The van der Waals surface area contributed by atoms with Gasteiger partial charge in [0, 0.05) is 34.1 Å². The Bertz CT molecular complexity index is 2240. The topological polar surface area (TPSA) is 11.4 Å². The van der Waals surface area contributed by atoms with Crippen molar-refractivity contribution >= 4 is 68.3 Å². The van der Waals surface area contributed by atoms with Crippen LogP contribution in [0.4, 0.5) is 28.6 Å². The largest absolute Gasteiger partial charge is 0.315 e. The van der Waals surface area contributed by atoms with E-state index in [2.05, 4.69) is 174 Å². The van der Waals surface area contributed by atoms with Crippen LogP contribution in [0, 0.1) is 6.92 Å². The Morgan fingerprint density at radius 1 is 0.587 bits per heavy atom. The van der Waals surface area contributed by atoms with Gasteiger partial charge in [0.25, 0.3) is 6.71 Å². The van der Waals surface area contributed by atoms with Crippen LogP contribution in [0.15, 0.2) is 151 Å². The highest BCUT2D eigenvalue weighted by Gasteiger charge is 2.47. The lowest BCUT2D eigenvalue weighted by Gasteiger charge is -2.44. The van der Waals surface area contributed by atoms with E-state index in [9.17, 15) is 0 Å². The summed E-state index contributed by atoms with van der Waals surface area (Å²) in [5.41, 5.74) is 15.2. The standard InChI is InChI=1S/C42H34BN3/c1-29-17-12-13-24-34(29)39-30(2)44(31-18-6-3-7-19-31)37-27-16-28-38-41(37)43(39)40-35-25-14-15-26-36(35)45(32-20-8-4-9-21-32)42(40)46(38)33-22-10-5-11-23-33/h3,5-8,10-28H,4,9H2,1-2H3. The van der Waals surface area contributed by atoms with Crippen LogP contribution in [0.3, 0.4) is 0 Å². The number of aryl methyl sites for hydroxylation is 1. The fourth-order valence-electron chi connectivity index (χ4n) is 8.04. The van der Waals surface area contributed by atoms with Crippen molar-refractivity contribution in [1.82, 2.24) is 4.57 Å². The SMILES string of the molecule is CC1=C(c2ccccc2C)B2c3c(cccc3N(c3ccccc3)c3c2c2ccccc2n3C2=CCCC=C2)N1c1ccccc1. The average molecular weight is 592 g/mol. The van der Waals surface area contributed by atoms with E-state index in [-0.39, 0.29) is 6.71 Å². The minimum absolute atomic E-state index is 0.0431. The van der Waals surface area contributed by atoms with Crippen LogP contribution in [0.25, 0.3) is 22.1 Å². The first kappa shape index (κ1) is 26.9. The lowest BCUT2D eigenvalue weighted by Crippen LogP contribution is -2.55. The minimum Gasteiger partial charge on any atom is -0.315 e. The monoisotopic (exact) mass is 591 g/mol. The van der Waals surface area contributed by atoms with Crippen molar-refractivity contribution in [2.24, 2.45) is 0 Å². The molecule has 0 N–H and O–H groups in total. The molecule has 0 fully saturated rings. The summed E-state index contributed by atoms with van der Waals surface area (Å²) in [5, 5.41) is 1.30. The normalized spacial score (nSPS) is 15.3. The smallest absolute Gasteiger partial charge is 0.255 e. The molecule has 3 heterocycles. The molecule has 0 saturated heterocycles. The maximum atomic E-state index is 2.53. The molecule has 0 atom stereocenters. The van der Waals surface area contributed by atoms with Crippen molar-refractivity contribution in [3.05, 3.63) is 162 Å². The van der Waals surface area contributed by atoms with Gasteiger partial charge in [0.15, 0.2) is 0 Å². The first-order valence-corrected chi connectivity index (χ1v) is 16.3. The Balaban J connectivity index is 1.47. The molecule has 0 saturated carbocycles. The molecule has 1 aliphatic carbocycles. The number of nitrogens with zero attached hydrogens (tertiary/aromatic N) is 3. The molecule has 5 aromatic carbocycles. The van der Waals surface area contributed by atoms with Gasteiger partial charge in [-0.05, 0) is 108 Å². The van der Waals surface area contributed by atoms with Gasteiger partial charge in [0.1, 0.15) is 5.82 Å². The minimum atomic E-state index is 0.0431. The summed E-state index contributed by atoms with van der Waals surface area (Å²) in [6.07, 6.45) is 9.16. The number of benzene rings is 5. The summed E-state index contributed by atoms with van der Waals surface area (Å²) in [7, 11) is 0. The predicted octanol–water partition coefficient (Wildman–Crippen LogP) is 9.65. The van der Waals surface area contributed by atoms with Gasteiger partial charge in [-0.1, -0.05) is 97.1 Å². The highest BCUT2D eigenvalue weighted by atomic mass is 15.3. The Hall–Kier alpha value is -5.48. The van der Waals surface area contributed by atoms with Crippen LogP contribution in [0.5, 0.6) is 0 Å². The third-order valence-electron chi connectivity index (χ3n) is 9.93. The van der Waals surface area contributed by atoms with Gasteiger partial charge in [-0.3, -0.25) is 9.47 Å². The molecule has 0 spiro atoms. The number of hydrogen-bond donors (Lipinski definition) is 0. The molecule has 0 unspecified atom stereocenters. The number of rotatable bonds is 4. The molecule has 220 valence electrons. The Kier molecular flexibility index (Phi) is 6.17. The van der Waals surface area contributed by atoms with Crippen LogP contribution in [-0.4, -0.2) is 11.3 Å². The highest BCUT2D eigenvalue weighted by Crippen LogP contribution is 2.48. The molecular weight excluding hydrogens is 557 g/mol. The molecule has 2 aliphatic heterocycles. The van der Waals surface area contributed by atoms with E-state index in [0.29, 0.717) is 0 Å². The number of allylic oxidation sites excluding steroid dienone is 5. The third kappa shape index (κ3) is 3.86. The first-order chi connectivity index (χ1) is 22.7. The summed E-state index contributed by atoms with van der Waals surface area (Å²) < 4.78 is 2.53. The van der Waals surface area contributed by atoms with E-state index in [4.69, 9.17) is 0 Å². The number of hydrogen-bond acceptors (Lipinski definition) is 2. The van der Waals surface area contributed by atoms with Crippen molar-refractivity contribution in [2.45, 2.75) is 26.7 Å². The first-order valence-electron chi connectivity index (χ1n) is 16.3. The second-order valence-corrected chi connectivity index (χ2v) is 12.5. The molecule has 6 aromatic rings. The number of para-hydroxylation sites is 3. The van der Waals surface area contributed by atoms with Crippen LogP contribution < -0.4 is 20.7 Å². The van der Waals surface area contributed by atoms with Gasteiger partial charge in [0.05, 0.1) is 5.52 Å². The van der Waals surface area contributed by atoms with Crippen LogP contribution in [0.1, 0.15) is 30.9 Å². The van der Waals surface area contributed by atoms with Crippen LogP contribution in [0.2, 0.25) is 0 Å². The van der Waals surface area contributed by atoms with Crippen LogP contribution in [-0.2, 0) is 0 Å². The third-order valence-corrected chi connectivity index (χ3v) is 9.93. The lowest BCUT2D eigenvalue weighted by molar-refractivity contribution is 1.01. The van der Waals surface area contributed by atoms with E-state index in [0.717, 1.165) is 18.5 Å². The van der Waals surface area contributed by atoms with Crippen molar-refractivity contribution in [1.29, 1.82) is 0 Å². The molecule has 0 bridgehead atoms. The zero-order valence-electron chi connectivity index (χ0n) is 26.2. The molecule has 3 nitrogen and oxygen atoms in total. The van der Waals surface area contributed by atoms with E-state index >= 15 is 0 Å². The van der Waals surface area contributed by atoms with Gasteiger partial charge < -0.3 is 4.90 Å². The van der Waals surface area contributed by atoms with Crippen molar-refractivity contribution in [3.63, 3.8) is 0 Å². The van der Waals surface area contributed by atoms with Gasteiger partial charge in [-0.2, -0.15) is 0 Å². The fraction of sp³-hybridized carbons (Fsp3) is 0.0952. The van der Waals surface area contributed by atoms with Crippen molar-refractivity contribution in [3.8, 4) is 0 Å². The molecule has 4 heteroatoms. The molecule has 0 amide bonds. The predicted molar refractivity (Wildman–Crippen MR) is 197 cm³/mol. The van der Waals surface area contributed by atoms with Crippen molar-refractivity contribution < 1.29 is 0 Å². The van der Waals surface area contributed by atoms with Gasteiger partial charge in [0.2, 0.25) is 0 Å². The summed E-state index contributed by atoms with van der Waals surface area (Å²) in [6.45, 7) is 4.62. The molecule has 0 radical (unpaired) electrons. The number of aromatic nitrogens is 1. The molecule has 3 aliphatic rings. The fourth-order valence-corrected chi connectivity index (χ4v) is 8.04. The Morgan fingerprint density at radius 3 is 1.96 bits per heavy atom. The summed E-state index contributed by atoms with van der Waals surface area (Å²) in [4.78, 5) is 5.00. The lowest BCUT2D eigenvalue weighted by atomic mass is 9.32. The zero-order chi connectivity index (χ0) is 30.8. The Labute approximate surface area is 271 Å².